The largest absolute Gasteiger partial charge is 0.481 e. The van der Waals surface area contributed by atoms with Gasteiger partial charge in [0.25, 0.3) is 0 Å². The first-order valence-corrected chi connectivity index (χ1v) is 4.47. The molecule has 1 N–H and O–H groups in total. The van der Waals surface area contributed by atoms with Gasteiger partial charge < -0.3 is 5.11 Å². The highest BCUT2D eigenvalue weighted by Gasteiger charge is 2.39. The molecule has 2 nitrogen and oxygen atoms in total. The van der Waals surface area contributed by atoms with E-state index in [9.17, 15) is 4.79 Å². The Morgan fingerprint density at radius 2 is 2.18 bits per heavy atom. The number of carboxylic acids is 1. The minimum Gasteiger partial charge on any atom is -0.481 e. The van der Waals surface area contributed by atoms with E-state index in [0.29, 0.717) is 12.3 Å². The summed E-state index contributed by atoms with van der Waals surface area (Å²) in [6.45, 7) is 0. The van der Waals surface area contributed by atoms with Crippen molar-refractivity contribution in [2.24, 2.45) is 17.8 Å². The van der Waals surface area contributed by atoms with E-state index < -0.39 is 5.97 Å². The van der Waals surface area contributed by atoms with Crippen molar-refractivity contribution in [2.75, 3.05) is 0 Å². The molecule has 2 saturated carbocycles. The Morgan fingerprint density at radius 3 is 2.64 bits per heavy atom. The minimum atomic E-state index is -0.609. The molecule has 0 amide bonds. The third-order valence-corrected chi connectivity index (χ3v) is 3.32. The number of hydrogen-bond acceptors (Lipinski definition) is 1. The van der Waals surface area contributed by atoms with Crippen LogP contribution in [0.15, 0.2) is 0 Å². The van der Waals surface area contributed by atoms with E-state index in [1.54, 1.807) is 0 Å². The zero-order chi connectivity index (χ0) is 7.84. The van der Waals surface area contributed by atoms with Crippen LogP contribution in [0.5, 0.6) is 0 Å². The van der Waals surface area contributed by atoms with Gasteiger partial charge in [0.1, 0.15) is 0 Å². The van der Waals surface area contributed by atoms with Crippen LogP contribution in [0.1, 0.15) is 32.1 Å². The molecule has 2 fully saturated rings. The fourth-order valence-electron chi connectivity index (χ4n) is 2.85. The van der Waals surface area contributed by atoms with Crippen LogP contribution in [0.3, 0.4) is 0 Å². The van der Waals surface area contributed by atoms with E-state index >= 15 is 0 Å². The van der Waals surface area contributed by atoms with Crippen LogP contribution in [0, 0.1) is 17.8 Å². The molecule has 2 bridgehead atoms. The van der Waals surface area contributed by atoms with Crippen LogP contribution in [0.25, 0.3) is 0 Å². The highest BCUT2D eigenvalue weighted by atomic mass is 16.4. The molecule has 62 valence electrons. The number of fused-ring (bicyclic) bond motifs is 2. The Kier molecular flexibility index (Phi) is 1.63. The molecule has 0 saturated heterocycles. The van der Waals surface area contributed by atoms with E-state index in [0.717, 1.165) is 11.8 Å². The Hall–Kier alpha value is -0.530. The predicted octanol–water partition coefficient (Wildman–Crippen LogP) is 1.90. The lowest BCUT2D eigenvalue weighted by Gasteiger charge is -2.18. The number of carboxylic acid groups (broad SMARTS) is 1. The summed E-state index contributed by atoms with van der Waals surface area (Å²) >= 11 is 0. The van der Waals surface area contributed by atoms with Gasteiger partial charge in [-0.1, -0.05) is 6.42 Å². The molecule has 0 aromatic heterocycles. The second kappa shape index (κ2) is 2.50. The first-order chi connectivity index (χ1) is 5.25. The van der Waals surface area contributed by atoms with Gasteiger partial charge in [-0.25, -0.2) is 0 Å². The van der Waals surface area contributed by atoms with Gasteiger partial charge in [0.2, 0.25) is 0 Å². The van der Waals surface area contributed by atoms with E-state index in [1.807, 2.05) is 0 Å². The molecule has 0 unspecified atom stereocenters. The van der Waals surface area contributed by atoms with Crippen molar-refractivity contribution in [3.05, 3.63) is 0 Å². The van der Waals surface area contributed by atoms with E-state index in [1.165, 1.54) is 25.7 Å². The molecule has 11 heavy (non-hydrogen) atoms. The van der Waals surface area contributed by atoms with Crippen LogP contribution in [-0.4, -0.2) is 11.1 Å². The normalized spacial score (nSPS) is 41.3. The maximum atomic E-state index is 10.4. The molecule has 0 radical (unpaired) electrons. The summed E-state index contributed by atoms with van der Waals surface area (Å²) in [6.07, 6.45) is 5.58. The molecule has 2 rings (SSSR count). The summed E-state index contributed by atoms with van der Waals surface area (Å²) in [4.78, 5) is 10.4. The number of rotatable bonds is 2. The van der Waals surface area contributed by atoms with Crippen molar-refractivity contribution < 1.29 is 9.90 Å². The molecule has 3 atom stereocenters. The lowest BCUT2D eigenvalue weighted by Crippen LogP contribution is -2.14. The zero-order valence-electron chi connectivity index (χ0n) is 6.62. The van der Waals surface area contributed by atoms with Crippen molar-refractivity contribution in [3.8, 4) is 0 Å². The maximum absolute atomic E-state index is 10.4. The van der Waals surface area contributed by atoms with Crippen molar-refractivity contribution in [2.45, 2.75) is 32.1 Å². The van der Waals surface area contributed by atoms with Gasteiger partial charge >= 0.3 is 5.97 Å². The van der Waals surface area contributed by atoms with Crippen LogP contribution < -0.4 is 0 Å². The summed E-state index contributed by atoms with van der Waals surface area (Å²) in [5, 5.41) is 8.60. The molecule has 2 heteroatoms. The fraction of sp³-hybridized carbons (Fsp3) is 0.889. The molecule has 2 aliphatic carbocycles. The monoisotopic (exact) mass is 154 g/mol. The SMILES string of the molecule is O=C(O)C[C@@H]1C[C@@H]2CC[C@H]1C2. The van der Waals surface area contributed by atoms with E-state index in [-0.39, 0.29) is 0 Å². The Balaban J connectivity index is 1.92. The summed E-state index contributed by atoms with van der Waals surface area (Å²) in [5.41, 5.74) is 0. The molecular weight excluding hydrogens is 140 g/mol. The predicted molar refractivity (Wildman–Crippen MR) is 41.2 cm³/mol. The smallest absolute Gasteiger partial charge is 0.303 e. The summed E-state index contributed by atoms with van der Waals surface area (Å²) in [5.74, 6) is 1.55. The minimum absolute atomic E-state index is 0.418. The van der Waals surface area contributed by atoms with Crippen LogP contribution >= 0.6 is 0 Å². The van der Waals surface area contributed by atoms with Crippen molar-refractivity contribution >= 4 is 5.97 Å². The number of carbonyl (C=O) groups is 1. The van der Waals surface area contributed by atoms with Gasteiger partial charge in [-0.2, -0.15) is 0 Å². The molecule has 0 spiro atoms. The van der Waals surface area contributed by atoms with E-state index in [2.05, 4.69) is 0 Å². The summed E-state index contributed by atoms with van der Waals surface area (Å²) < 4.78 is 0. The van der Waals surface area contributed by atoms with Gasteiger partial charge in [0.05, 0.1) is 0 Å². The van der Waals surface area contributed by atoms with E-state index in [4.69, 9.17) is 5.11 Å². The quantitative estimate of drug-likeness (QED) is 0.659. The maximum Gasteiger partial charge on any atom is 0.303 e. The van der Waals surface area contributed by atoms with Gasteiger partial charge in [-0.05, 0) is 37.0 Å². The fourth-order valence-corrected chi connectivity index (χ4v) is 2.85. The van der Waals surface area contributed by atoms with Crippen LogP contribution in [0.2, 0.25) is 0 Å². The molecular formula is C9H14O2. The van der Waals surface area contributed by atoms with Gasteiger partial charge in [0, 0.05) is 6.42 Å². The van der Waals surface area contributed by atoms with Gasteiger partial charge in [-0.15, -0.1) is 0 Å². The Morgan fingerprint density at radius 1 is 1.36 bits per heavy atom. The number of aliphatic carboxylic acids is 1. The first-order valence-electron chi connectivity index (χ1n) is 4.47. The highest BCUT2D eigenvalue weighted by molar-refractivity contribution is 5.67. The molecule has 0 heterocycles. The Labute approximate surface area is 66.6 Å². The topological polar surface area (TPSA) is 37.3 Å². The Bertz CT molecular complexity index is 176. The van der Waals surface area contributed by atoms with Crippen molar-refractivity contribution in [1.29, 1.82) is 0 Å². The highest BCUT2D eigenvalue weighted by Crippen LogP contribution is 2.49. The number of hydrogen-bond donors (Lipinski definition) is 1. The van der Waals surface area contributed by atoms with Crippen molar-refractivity contribution in [1.82, 2.24) is 0 Å². The molecule has 2 aliphatic rings. The van der Waals surface area contributed by atoms with Gasteiger partial charge in [0.15, 0.2) is 0 Å². The third-order valence-electron chi connectivity index (χ3n) is 3.32. The first kappa shape index (κ1) is 7.14. The lowest BCUT2D eigenvalue weighted by molar-refractivity contribution is -0.138. The second-order valence-electron chi connectivity index (χ2n) is 4.03. The lowest BCUT2D eigenvalue weighted by atomic mass is 9.86. The van der Waals surface area contributed by atoms with Gasteiger partial charge in [-0.3, -0.25) is 4.79 Å². The van der Waals surface area contributed by atoms with Crippen LogP contribution in [0.4, 0.5) is 0 Å². The van der Waals surface area contributed by atoms with Crippen molar-refractivity contribution in [3.63, 3.8) is 0 Å². The standard InChI is InChI=1S/C9H14O2/c10-9(11)5-8-4-6-1-2-7(8)3-6/h6-8H,1-5H2,(H,10,11)/t6-,7+,8+/m1/s1. The summed E-state index contributed by atoms with van der Waals surface area (Å²) in [7, 11) is 0. The second-order valence-corrected chi connectivity index (χ2v) is 4.03. The third kappa shape index (κ3) is 1.26. The summed E-state index contributed by atoms with van der Waals surface area (Å²) in [6, 6.07) is 0. The molecule has 0 aromatic carbocycles. The average Bonchev–Trinajstić information content (AvgIpc) is 2.45. The zero-order valence-corrected chi connectivity index (χ0v) is 6.62. The average molecular weight is 154 g/mol. The van der Waals surface area contributed by atoms with Crippen LogP contribution in [-0.2, 0) is 4.79 Å². The molecule has 0 aromatic rings. The molecule has 0 aliphatic heterocycles.